The Kier molecular flexibility index (Phi) is 3.40. The van der Waals surface area contributed by atoms with Crippen LogP contribution in [0, 0.1) is 23.1 Å². The molecular weight excluding hydrogens is 267 g/mol. The van der Waals surface area contributed by atoms with Crippen LogP contribution < -0.4 is 5.43 Å². The van der Waals surface area contributed by atoms with Crippen molar-refractivity contribution in [3.8, 4) is 0 Å². The topological polar surface area (TPSA) is 41.5 Å². The first kappa shape index (κ1) is 14.0. The molecule has 3 aliphatic rings. The van der Waals surface area contributed by atoms with Crippen molar-refractivity contribution >= 4 is 12.1 Å². The van der Waals surface area contributed by atoms with Crippen LogP contribution in [0.25, 0.3) is 0 Å². The fraction of sp³-hybridized carbons (Fsp3) is 0.412. The predicted molar refractivity (Wildman–Crippen MR) is 80.4 cm³/mol. The van der Waals surface area contributed by atoms with E-state index in [0.29, 0.717) is 11.3 Å². The standard InChI is InChI=1S/C17H19FN2O/c1-17(2)12-8-7-11(14(17)9-12)10-19-20-16(21)13-5-3-4-6-15(13)18/h3-7,10,12,14H,8-9H2,1-2H3,(H,20,21)/b19-10-/t12-,14-/m0/s1. The molecule has 0 spiro atoms. The third kappa shape index (κ3) is 2.39. The lowest BCUT2D eigenvalue weighted by molar-refractivity contribution is -0.00126. The number of hydrazone groups is 1. The molecule has 0 saturated heterocycles. The van der Waals surface area contributed by atoms with E-state index in [1.807, 2.05) is 0 Å². The molecule has 3 aliphatic carbocycles. The Morgan fingerprint density at radius 1 is 1.43 bits per heavy atom. The number of carbonyl (C=O) groups is 1. The summed E-state index contributed by atoms with van der Waals surface area (Å²) in [5, 5.41) is 3.99. The van der Waals surface area contributed by atoms with Gasteiger partial charge in [-0.15, -0.1) is 0 Å². The second-order valence-corrected chi connectivity index (χ2v) is 6.43. The van der Waals surface area contributed by atoms with Crippen molar-refractivity contribution in [2.75, 3.05) is 0 Å². The summed E-state index contributed by atoms with van der Waals surface area (Å²) in [5.74, 6) is 0.231. The number of hydrogen-bond donors (Lipinski definition) is 1. The SMILES string of the molecule is CC1(C)[C@H]2CC=C(/C=N\NC(=O)c3ccccc3F)[C@@H]1C2. The first-order valence-corrected chi connectivity index (χ1v) is 7.28. The van der Waals surface area contributed by atoms with E-state index in [1.54, 1.807) is 18.3 Å². The molecule has 1 aromatic rings. The molecule has 1 N–H and O–H groups in total. The largest absolute Gasteiger partial charge is 0.274 e. The molecule has 2 bridgehead atoms. The molecule has 0 heterocycles. The van der Waals surface area contributed by atoms with Crippen molar-refractivity contribution < 1.29 is 9.18 Å². The minimum Gasteiger partial charge on any atom is -0.267 e. The van der Waals surface area contributed by atoms with E-state index in [9.17, 15) is 9.18 Å². The Labute approximate surface area is 123 Å². The van der Waals surface area contributed by atoms with Crippen molar-refractivity contribution in [1.29, 1.82) is 0 Å². The number of rotatable bonds is 3. The van der Waals surface area contributed by atoms with Crippen molar-refractivity contribution in [3.63, 3.8) is 0 Å². The zero-order chi connectivity index (χ0) is 15.0. The molecule has 4 rings (SSSR count). The quantitative estimate of drug-likeness (QED) is 0.670. The summed E-state index contributed by atoms with van der Waals surface area (Å²) in [6.07, 6.45) is 6.18. The summed E-state index contributed by atoms with van der Waals surface area (Å²) < 4.78 is 13.5. The molecule has 1 fully saturated rings. The maximum absolute atomic E-state index is 13.5. The lowest BCUT2D eigenvalue weighted by atomic mass is 9.49. The lowest BCUT2D eigenvalue weighted by Gasteiger charge is -2.55. The van der Waals surface area contributed by atoms with E-state index in [0.717, 1.165) is 12.3 Å². The van der Waals surface area contributed by atoms with Gasteiger partial charge >= 0.3 is 0 Å². The van der Waals surface area contributed by atoms with Crippen LogP contribution in [0.2, 0.25) is 0 Å². The van der Waals surface area contributed by atoms with Gasteiger partial charge in [-0.1, -0.05) is 32.1 Å². The monoisotopic (exact) mass is 286 g/mol. The zero-order valence-electron chi connectivity index (χ0n) is 12.3. The number of amides is 1. The van der Waals surface area contributed by atoms with Crippen molar-refractivity contribution in [2.24, 2.45) is 22.4 Å². The third-order valence-corrected chi connectivity index (χ3v) is 5.01. The average Bonchev–Trinajstić information content (AvgIpc) is 2.47. The maximum Gasteiger partial charge on any atom is 0.274 e. The minimum absolute atomic E-state index is 0.0105. The number of benzene rings is 1. The highest BCUT2D eigenvalue weighted by Crippen LogP contribution is 2.58. The number of fused-ring (bicyclic) bond motifs is 1. The third-order valence-electron chi connectivity index (χ3n) is 5.01. The summed E-state index contributed by atoms with van der Waals surface area (Å²) in [7, 11) is 0. The molecule has 21 heavy (non-hydrogen) atoms. The van der Waals surface area contributed by atoms with E-state index in [4.69, 9.17) is 0 Å². The highest BCUT2D eigenvalue weighted by Gasteiger charge is 2.50. The Bertz CT molecular complexity index is 633. The molecule has 1 saturated carbocycles. The Balaban J connectivity index is 1.65. The van der Waals surface area contributed by atoms with Gasteiger partial charge in [0.25, 0.3) is 5.91 Å². The van der Waals surface area contributed by atoms with E-state index < -0.39 is 11.7 Å². The molecule has 1 amide bonds. The summed E-state index contributed by atoms with van der Waals surface area (Å²) >= 11 is 0. The van der Waals surface area contributed by atoms with Gasteiger partial charge in [0.15, 0.2) is 0 Å². The second kappa shape index (κ2) is 5.10. The highest BCUT2D eigenvalue weighted by atomic mass is 19.1. The summed E-state index contributed by atoms with van der Waals surface area (Å²) in [5.41, 5.74) is 3.91. The van der Waals surface area contributed by atoms with Crippen molar-refractivity contribution in [2.45, 2.75) is 26.7 Å². The van der Waals surface area contributed by atoms with Crippen molar-refractivity contribution in [3.05, 3.63) is 47.3 Å². The average molecular weight is 286 g/mol. The molecule has 3 nitrogen and oxygen atoms in total. The summed E-state index contributed by atoms with van der Waals surface area (Å²) in [4.78, 5) is 11.8. The Hall–Kier alpha value is -1.97. The van der Waals surface area contributed by atoms with Gasteiger partial charge in [-0.25, -0.2) is 9.82 Å². The van der Waals surface area contributed by atoms with Crippen LogP contribution in [0.5, 0.6) is 0 Å². The molecule has 0 aliphatic heterocycles. The molecule has 4 heteroatoms. The van der Waals surface area contributed by atoms with Gasteiger partial charge in [-0.2, -0.15) is 5.10 Å². The van der Waals surface area contributed by atoms with Gasteiger partial charge in [0.2, 0.25) is 0 Å². The van der Waals surface area contributed by atoms with Crippen LogP contribution in [0.15, 0.2) is 41.0 Å². The number of allylic oxidation sites excluding steroid dienone is 2. The molecule has 0 aromatic heterocycles. The van der Waals surface area contributed by atoms with Gasteiger partial charge in [-0.05, 0) is 47.8 Å². The summed E-state index contributed by atoms with van der Waals surface area (Å²) in [6.45, 7) is 4.56. The number of nitrogens with one attached hydrogen (secondary N) is 1. The van der Waals surface area contributed by atoms with Gasteiger partial charge in [0.05, 0.1) is 11.8 Å². The highest BCUT2D eigenvalue weighted by molar-refractivity contribution is 5.95. The molecule has 2 atom stereocenters. The number of halogens is 1. The van der Waals surface area contributed by atoms with Gasteiger partial charge in [-0.3, -0.25) is 4.79 Å². The predicted octanol–water partition coefficient (Wildman–Crippen LogP) is 3.53. The molecule has 1 aromatic carbocycles. The van der Waals surface area contributed by atoms with Gasteiger partial charge < -0.3 is 0 Å². The zero-order valence-corrected chi connectivity index (χ0v) is 12.3. The fourth-order valence-electron chi connectivity index (χ4n) is 3.42. The van der Waals surface area contributed by atoms with E-state index >= 15 is 0 Å². The number of hydrogen-bond acceptors (Lipinski definition) is 2. The first-order valence-electron chi connectivity index (χ1n) is 7.28. The minimum atomic E-state index is -0.537. The van der Waals surface area contributed by atoms with Crippen LogP contribution in [0.3, 0.4) is 0 Å². The van der Waals surface area contributed by atoms with E-state index in [2.05, 4.69) is 30.5 Å². The number of nitrogens with zero attached hydrogens (tertiary/aromatic N) is 1. The van der Waals surface area contributed by atoms with E-state index in [-0.39, 0.29) is 5.56 Å². The molecular formula is C17H19FN2O. The molecule has 0 unspecified atom stereocenters. The Morgan fingerprint density at radius 2 is 2.19 bits per heavy atom. The molecule has 110 valence electrons. The van der Waals surface area contributed by atoms with Crippen LogP contribution >= 0.6 is 0 Å². The number of carbonyl (C=O) groups excluding carboxylic acids is 1. The maximum atomic E-state index is 13.5. The Morgan fingerprint density at radius 3 is 2.86 bits per heavy atom. The molecule has 0 radical (unpaired) electrons. The lowest BCUT2D eigenvalue weighted by Crippen LogP contribution is -2.48. The van der Waals surface area contributed by atoms with Crippen LogP contribution in [0.4, 0.5) is 4.39 Å². The van der Waals surface area contributed by atoms with Crippen LogP contribution in [0.1, 0.15) is 37.0 Å². The summed E-state index contributed by atoms with van der Waals surface area (Å²) in [6, 6.07) is 5.89. The van der Waals surface area contributed by atoms with Crippen molar-refractivity contribution in [1.82, 2.24) is 5.43 Å². The normalized spacial score (nSPS) is 26.1. The second-order valence-electron chi connectivity index (χ2n) is 6.43. The first-order chi connectivity index (χ1) is 10.00. The van der Waals surface area contributed by atoms with E-state index in [1.165, 1.54) is 24.1 Å². The van der Waals surface area contributed by atoms with Gasteiger partial charge in [0.1, 0.15) is 5.82 Å². The van der Waals surface area contributed by atoms with Crippen LogP contribution in [-0.4, -0.2) is 12.1 Å². The smallest absolute Gasteiger partial charge is 0.267 e. The van der Waals surface area contributed by atoms with Gasteiger partial charge in [0, 0.05) is 0 Å². The van der Waals surface area contributed by atoms with Crippen LogP contribution in [-0.2, 0) is 0 Å². The fourth-order valence-corrected chi connectivity index (χ4v) is 3.42.